The number of nitrogens with zero attached hydrogens (tertiary/aromatic N) is 3. The topological polar surface area (TPSA) is 84.7 Å². The predicted octanol–water partition coefficient (Wildman–Crippen LogP) is 0.528. The summed E-state index contributed by atoms with van der Waals surface area (Å²) in [6.07, 6.45) is -0.314. The average Bonchev–Trinajstić information content (AvgIpc) is 2.73. The van der Waals surface area contributed by atoms with E-state index in [4.69, 9.17) is 9.84 Å². The first kappa shape index (κ1) is 16.5. The Balaban J connectivity index is 2.04. The number of carbonyl (C=O) groups is 2. The Kier molecular flexibility index (Phi) is 4.85. The fraction of sp³-hybridized carbons (Fsp3) is 0.667. The quantitative estimate of drug-likeness (QED) is 0.877. The van der Waals surface area contributed by atoms with Gasteiger partial charge < -0.3 is 14.7 Å². The number of hydrogen-bond acceptors (Lipinski definition) is 4. The fourth-order valence-corrected chi connectivity index (χ4v) is 2.82. The van der Waals surface area contributed by atoms with Crippen molar-refractivity contribution in [2.24, 2.45) is 13.0 Å². The molecule has 1 aromatic heterocycles. The van der Waals surface area contributed by atoms with Crippen molar-refractivity contribution in [3.05, 3.63) is 17.0 Å². The molecule has 0 radical (unpaired) electrons. The number of aromatic nitrogens is 2. The summed E-state index contributed by atoms with van der Waals surface area (Å²) in [7, 11) is 1.89. The number of carboxylic acid groups (broad SMARTS) is 1. The minimum atomic E-state index is -1.02. The number of amides is 1. The van der Waals surface area contributed by atoms with Crippen molar-refractivity contribution in [1.82, 2.24) is 14.7 Å². The highest BCUT2D eigenvalue weighted by Crippen LogP contribution is 2.19. The van der Waals surface area contributed by atoms with Crippen LogP contribution < -0.4 is 0 Å². The minimum Gasteiger partial charge on any atom is -0.479 e. The molecule has 7 heteroatoms. The second-order valence-electron chi connectivity index (χ2n) is 5.86. The summed E-state index contributed by atoms with van der Waals surface area (Å²) in [5, 5.41) is 13.4. The Morgan fingerprint density at radius 3 is 2.68 bits per heavy atom. The zero-order valence-corrected chi connectivity index (χ0v) is 13.5. The standard InChI is InChI=1S/C15H23N3O4/c1-9(7-12-10(2)16-17(4)11(12)3)14(19)18-5-6-22-13(8-18)15(20)21/h9,13H,5-8H2,1-4H3,(H,20,21)/t9-,13-/m1/s1. The number of aliphatic carboxylic acids is 1. The van der Waals surface area contributed by atoms with Gasteiger partial charge in [-0.05, 0) is 25.8 Å². The van der Waals surface area contributed by atoms with Crippen molar-refractivity contribution in [3.8, 4) is 0 Å². The number of hydrogen-bond donors (Lipinski definition) is 1. The highest BCUT2D eigenvalue weighted by atomic mass is 16.5. The molecule has 7 nitrogen and oxygen atoms in total. The van der Waals surface area contributed by atoms with E-state index in [0.29, 0.717) is 13.0 Å². The molecular formula is C15H23N3O4. The predicted molar refractivity (Wildman–Crippen MR) is 79.5 cm³/mol. The molecule has 1 fully saturated rings. The van der Waals surface area contributed by atoms with Gasteiger partial charge in [0.05, 0.1) is 18.8 Å². The summed E-state index contributed by atoms with van der Waals surface area (Å²) < 4.78 is 6.97. The summed E-state index contributed by atoms with van der Waals surface area (Å²) in [6.45, 7) is 6.62. The Morgan fingerprint density at radius 2 is 2.14 bits per heavy atom. The van der Waals surface area contributed by atoms with Crippen LogP contribution in [0.1, 0.15) is 23.9 Å². The molecule has 0 aliphatic carbocycles. The van der Waals surface area contributed by atoms with Crippen LogP contribution in [0.2, 0.25) is 0 Å². The SMILES string of the molecule is Cc1nn(C)c(C)c1C[C@@H](C)C(=O)N1CCO[C@@H](C(=O)O)C1. The maximum Gasteiger partial charge on any atom is 0.334 e. The highest BCUT2D eigenvalue weighted by Gasteiger charge is 2.31. The lowest BCUT2D eigenvalue weighted by molar-refractivity contribution is -0.160. The van der Waals surface area contributed by atoms with Crippen LogP contribution >= 0.6 is 0 Å². The molecule has 0 aromatic carbocycles. The summed E-state index contributed by atoms with van der Waals surface area (Å²) >= 11 is 0. The maximum absolute atomic E-state index is 12.6. The molecule has 122 valence electrons. The van der Waals surface area contributed by atoms with Gasteiger partial charge in [-0.2, -0.15) is 5.10 Å². The van der Waals surface area contributed by atoms with E-state index in [9.17, 15) is 9.59 Å². The zero-order chi connectivity index (χ0) is 16.4. The summed E-state index contributed by atoms with van der Waals surface area (Å²) in [5.74, 6) is -1.27. The molecule has 2 rings (SSSR count). The Morgan fingerprint density at radius 1 is 1.45 bits per heavy atom. The second-order valence-corrected chi connectivity index (χ2v) is 5.86. The van der Waals surface area contributed by atoms with E-state index in [2.05, 4.69) is 5.10 Å². The molecule has 1 aromatic rings. The first-order valence-corrected chi connectivity index (χ1v) is 7.43. The number of aryl methyl sites for hydroxylation is 2. The molecule has 2 heterocycles. The molecule has 2 atom stereocenters. The van der Waals surface area contributed by atoms with E-state index in [1.54, 1.807) is 4.90 Å². The molecular weight excluding hydrogens is 286 g/mol. The molecule has 1 aliphatic heterocycles. The lowest BCUT2D eigenvalue weighted by Crippen LogP contribution is -2.50. The van der Waals surface area contributed by atoms with Crippen LogP contribution in [0.4, 0.5) is 0 Å². The Hall–Kier alpha value is -1.89. The normalized spacial score (nSPS) is 20.0. The van der Waals surface area contributed by atoms with Crippen molar-refractivity contribution in [2.45, 2.75) is 33.3 Å². The monoisotopic (exact) mass is 309 g/mol. The van der Waals surface area contributed by atoms with Gasteiger partial charge in [0.25, 0.3) is 0 Å². The van der Waals surface area contributed by atoms with Crippen LogP contribution in [0.25, 0.3) is 0 Å². The molecule has 0 saturated carbocycles. The first-order valence-electron chi connectivity index (χ1n) is 7.43. The molecule has 1 N–H and O–H groups in total. The Bertz CT molecular complexity index is 582. The van der Waals surface area contributed by atoms with Crippen LogP contribution in [0.15, 0.2) is 0 Å². The van der Waals surface area contributed by atoms with Gasteiger partial charge in [0.2, 0.25) is 5.91 Å². The van der Waals surface area contributed by atoms with Crippen LogP contribution in [0.5, 0.6) is 0 Å². The van der Waals surface area contributed by atoms with E-state index < -0.39 is 12.1 Å². The smallest absolute Gasteiger partial charge is 0.334 e. The molecule has 1 saturated heterocycles. The number of ether oxygens (including phenoxy) is 1. The number of carbonyl (C=O) groups excluding carboxylic acids is 1. The summed E-state index contributed by atoms with van der Waals surface area (Å²) in [4.78, 5) is 25.1. The number of carboxylic acids is 1. The van der Waals surface area contributed by atoms with E-state index >= 15 is 0 Å². The van der Waals surface area contributed by atoms with Gasteiger partial charge >= 0.3 is 5.97 Å². The molecule has 1 aliphatic rings. The van der Waals surface area contributed by atoms with Gasteiger partial charge in [-0.25, -0.2) is 4.79 Å². The van der Waals surface area contributed by atoms with Gasteiger partial charge in [-0.15, -0.1) is 0 Å². The van der Waals surface area contributed by atoms with E-state index in [1.165, 1.54) is 0 Å². The van der Waals surface area contributed by atoms with Gasteiger partial charge in [0, 0.05) is 25.2 Å². The fourth-order valence-electron chi connectivity index (χ4n) is 2.82. The second kappa shape index (κ2) is 6.48. The maximum atomic E-state index is 12.6. The van der Waals surface area contributed by atoms with Crippen LogP contribution in [-0.4, -0.2) is 57.5 Å². The zero-order valence-electron chi connectivity index (χ0n) is 13.5. The molecule has 0 unspecified atom stereocenters. The van der Waals surface area contributed by atoms with E-state index in [0.717, 1.165) is 17.0 Å². The van der Waals surface area contributed by atoms with Crippen molar-refractivity contribution in [1.29, 1.82) is 0 Å². The van der Waals surface area contributed by atoms with Crippen molar-refractivity contribution < 1.29 is 19.4 Å². The van der Waals surface area contributed by atoms with Gasteiger partial charge in [0.15, 0.2) is 6.10 Å². The highest BCUT2D eigenvalue weighted by molar-refractivity contribution is 5.80. The molecule has 1 amide bonds. The minimum absolute atomic E-state index is 0.0304. The van der Waals surface area contributed by atoms with E-state index in [-0.39, 0.29) is 25.0 Å². The molecule has 22 heavy (non-hydrogen) atoms. The third-order valence-electron chi connectivity index (χ3n) is 4.24. The first-order chi connectivity index (χ1) is 10.3. The van der Waals surface area contributed by atoms with Crippen molar-refractivity contribution in [3.63, 3.8) is 0 Å². The number of rotatable bonds is 4. The van der Waals surface area contributed by atoms with Gasteiger partial charge in [-0.1, -0.05) is 6.92 Å². The third kappa shape index (κ3) is 3.30. The summed E-state index contributed by atoms with van der Waals surface area (Å²) in [6, 6.07) is 0. The lowest BCUT2D eigenvalue weighted by Gasteiger charge is -2.32. The van der Waals surface area contributed by atoms with Crippen LogP contribution in [-0.2, 0) is 27.8 Å². The van der Waals surface area contributed by atoms with Crippen LogP contribution in [0, 0.1) is 19.8 Å². The average molecular weight is 309 g/mol. The van der Waals surface area contributed by atoms with E-state index in [1.807, 2.05) is 32.5 Å². The Labute approximate surface area is 129 Å². The van der Waals surface area contributed by atoms with Gasteiger partial charge in [0.1, 0.15) is 0 Å². The largest absolute Gasteiger partial charge is 0.479 e. The number of morpholine rings is 1. The van der Waals surface area contributed by atoms with Crippen LogP contribution in [0.3, 0.4) is 0 Å². The summed E-state index contributed by atoms with van der Waals surface area (Å²) in [5.41, 5.74) is 3.08. The lowest BCUT2D eigenvalue weighted by atomic mass is 9.98. The van der Waals surface area contributed by atoms with Crippen molar-refractivity contribution >= 4 is 11.9 Å². The molecule has 0 spiro atoms. The van der Waals surface area contributed by atoms with Crippen molar-refractivity contribution in [2.75, 3.05) is 19.7 Å². The van der Waals surface area contributed by atoms with Gasteiger partial charge in [-0.3, -0.25) is 9.48 Å². The third-order valence-corrected chi connectivity index (χ3v) is 4.24. The molecule has 0 bridgehead atoms.